The summed E-state index contributed by atoms with van der Waals surface area (Å²) in [6.07, 6.45) is 5.58. The molecule has 1 aromatic carbocycles. The van der Waals surface area contributed by atoms with Crippen LogP contribution < -0.4 is 5.32 Å². The monoisotopic (exact) mass is 272 g/mol. The molecule has 1 saturated heterocycles. The van der Waals surface area contributed by atoms with Crippen molar-refractivity contribution >= 4 is 0 Å². The van der Waals surface area contributed by atoms with Gasteiger partial charge in [-0.3, -0.25) is 4.90 Å². The Bertz CT molecular complexity index is 445. The number of benzene rings is 1. The first kappa shape index (κ1) is 14.1. The molecule has 1 aliphatic carbocycles. The Labute approximate surface area is 123 Å². The minimum atomic E-state index is 0.857. The maximum atomic E-state index is 3.56. The Morgan fingerprint density at radius 1 is 1.20 bits per heavy atom. The van der Waals surface area contributed by atoms with Crippen LogP contribution in [0.25, 0.3) is 0 Å². The highest BCUT2D eigenvalue weighted by molar-refractivity contribution is 5.30. The summed E-state index contributed by atoms with van der Waals surface area (Å²) in [5.74, 6) is 0.857. The van der Waals surface area contributed by atoms with E-state index in [1.807, 2.05) is 0 Å². The number of hydrogen-bond acceptors (Lipinski definition) is 2. The molecule has 3 rings (SSSR count). The summed E-state index contributed by atoms with van der Waals surface area (Å²) in [5, 5.41) is 3.56. The summed E-state index contributed by atoms with van der Waals surface area (Å²) >= 11 is 0. The SMILES string of the molecule is Cc1ccc(CN(CC2CCCNC2)C2CC2)c(C)c1. The largest absolute Gasteiger partial charge is 0.316 e. The van der Waals surface area contributed by atoms with E-state index in [9.17, 15) is 0 Å². The van der Waals surface area contributed by atoms with Gasteiger partial charge in [-0.25, -0.2) is 0 Å². The van der Waals surface area contributed by atoms with Crippen molar-refractivity contribution in [2.75, 3.05) is 19.6 Å². The van der Waals surface area contributed by atoms with Crippen LogP contribution in [-0.4, -0.2) is 30.6 Å². The Morgan fingerprint density at radius 2 is 2.05 bits per heavy atom. The molecule has 2 nitrogen and oxygen atoms in total. The molecule has 2 heteroatoms. The van der Waals surface area contributed by atoms with Gasteiger partial charge in [0, 0.05) is 19.1 Å². The lowest BCUT2D eigenvalue weighted by atomic mass is 9.98. The molecule has 20 heavy (non-hydrogen) atoms. The maximum Gasteiger partial charge on any atom is 0.0239 e. The van der Waals surface area contributed by atoms with Gasteiger partial charge in [0.05, 0.1) is 0 Å². The molecular formula is C18H28N2. The lowest BCUT2D eigenvalue weighted by Gasteiger charge is -2.30. The summed E-state index contributed by atoms with van der Waals surface area (Å²) in [4.78, 5) is 2.75. The Balaban J connectivity index is 1.64. The highest BCUT2D eigenvalue weighted by Crippen LogP contribution is 2.30. The van der Waals surface area contributed by atoms with Gasteiger partial charge in [0.2, 0.25) is 0 Å². The van der Waals surface area contributed by atoms with Crippen molar-refractivity contribution in [3.05, 3.63) is 34.9 Å². The minimum Gasteiger partial charge on any atom is -0.316 e. The van der Waals surface area contributed by atoms with Crippen LogP contribution in [0, 0.1) is 19.8 Å². The molecule has 1 unspecified atom stereocenters. The molecule has 0 aromatic heterocycles. The lowest BCUT2D eigenvalue weighted by Crippen LogP contribution is -2.39. The van der Waals surface area contributed by atoms with Crippen molar-refractivity contribution in [1.29, 1.82) is 0 Å². The number of hydrogen-bond donors (Lipinski definition) is 1. The van der Waals surface area contributed by atoms with E-state index in [0.29, 0.717) is 0 Å². The van der Waals surface area contributed by atoms with Crippen molar-refractivity contribution in [2.24, 2.45) is 5.92 Å². The number of nitrogens with zero attached hydrogens (tertiary/aromatic N) is 1. The minimum absolute atomic E-state index is 0.857. The zero-order valence-electron chi connectivity index (χ0n) is 13.0. The Kier molecular flexibility index (Phi) is 4.42. The Hall–Kier alpha value is -0.860. The van der Waals surface area contributed by atoms with E-state index in [-0.39, 0.29) is 0 Å². The fraction of sp³-hybridized carbons (Fsp3) is 0.667. The second-order valence-corrected chi connectivity index (χ2v) is 6.80. The predicted octanol–water partition coefficient (Wildman–Crippen LogP) is 3.27. The third-order valence-corrected chi connectivity index (χ3v) is 4.83. The van der Waals surface area contributed by atoms with Crippen LogP contribution in [-0.2, 0) is 6.54 Å². The summed E-state index contributed by atoms with van der Waals surface area (Å²) in [7, 11) is 0. The first-order valence-corrected chi connectivity index (χ1v) is 8.23. The molecule has 1 heterocycles. The van der Waals surface area contributed by atoms with Gasteiger partial charge < -0.3 is 5.32 Å². The van der Waals surface area contributed by atoms with Crippen molar-refractivity contribution in [2.45, 2.75) is 52.1 Å². The van der Waals surface area contributed by atoms with Gasteiger partial charge in [-0.05, 0) is 69.7 Å². The van der Waals surface area contributed by atoms with Crippen LogP contribution in [0.1, 0.15) is 42.4 Å². The van der Waals surface area contributed by atoms with E-state index in [4.69, 9.17) is 0 Å². The second kappa shape index (κ2) is 6.28. The highest BCUT2D eigenvalue weighted by atomic mass is 15.2. The van der Waals surface area contributed by atoms with E-state index >= 15 is 0 Å². The molecule has 2 fully saturated rings. The first-order chi connectivity index (χ1) is 9.72. The van der Waals surface area contributed by atoms with Crippen LogP contribution in [0.15, 0.2) is 18.2 Å². The fourth-order valence-corrected chi connectivity index (χ4v) is 3.44. The molecular weight excluding hydrogens is 244 g/mol. The van der Waals surface area contributed by atoms with Crippen LogP contribution in [0.4, 0.5) is 0 Å². The summed E-state index contributed by atoms with van der Waals surface area (Å²) in [6, 6.07) is 7.77. The third-order valence-electron chi connectivity index (χ3n) is 4.83. The van der Waals surface area contributed by atoms with Gasteiger partial charge in [-0.1, -0.05) is 23.8 Å². The van der Waals surface area contributed by atoms with Crippen molar-refractivity contribution < 1.29 is 0 Å². The zero-order chi connectivity index (χ0) is 13.9. The first-order valence-electron chi connectivity index (χ1n) is 8.23. The predicted molar refractivity (Wildman–Crippen MR) is 84.9 cm³/mol. The van der Waals surface area contributed by atoms with Gasteiger partial charge in [-0.2, -0.15) is 0 Å². The quantitative estimate of drug-likeness (QED) is 0.885. The number of piperidine rings is 1. The third kappa shape index (κ3) is 3.62. The van der Waals surface area contributed by atoms with Crippen LogP contribution >= 0.6 is 0 Å². The highest BCUT2D eigenvalue weighted by Gasteiger charge is 2.31. The topological polar surface area (TPSA) is 15.3 Å². The number of rotatable bonds is 5. The van der Waals surface area contributed by atoms with E-state index in [1.165, 1.54) is 62.0 Å². The fourth-order valence-electron chi connectivity index (χ4n) is 3.44. The average Bonchev–Trinajstić information content (AvgIpc) is 3.26. The smallest absolute Gasteiger partial charge is 0.0239 e. The van der Waals surface area contributed by atoms with Crippen molar-refractivity contribution in [1.82, 2.24) is 10.2 Å². The molecule has 1 aliphatic heterocycles. The summed E-state index contributed by atoms with van der Waals surface area (Å²) in [5.41, 5.74) is 4.35. The van der Waals surface area contributed by atoms with E-state index in [0.717, 1.165) is 18.5 Å². The Morgan fingerprint density at radius 3 is 2.70 bits per heavy atom. The molecule has 1 atom stereocenters. The molecule has 2 aliphatic rings. The van der Waals surface area contributed by atoms with Crippen molar-refractivity contribution in [3.63, 3.8) is 0 Å². The zero-order valence-corrected chi connectivity index (χ0v) is 13.0. The molecule has 1 aromatic rings. The summed E-state index contributed by atoms with van der Waals surface area (Å²) < 4.78 is 0. The van der Waals surface area contributed by atoms with Gasteiger partial charge in [0.25, 0.3) is 0 Å². The summed E-state index contributed by atoms with van der Waals surface area (Å²) in [6.45, 7) is 9.31. The van der Waals surface area contributed by atoms with E-state index in [1.54, 1.807) is 0 Å². The molecule has 0 bridgehead atoms. The normalized spacial score (nSPS) is 23.2. The van der Waals surface area contributed by atoms with Crippen LogP contribution in [0.2, 0.25) is 0 Å². The van der Waals surface area contributed by atoms with Crippen molar-refractivity contribution in [3.8, 4) is 0 Å². The lowest BCUT2D eigenvalue weighted by molar-refractivity contribution is 0.192. The van der Waals surface area contributed by atoms with Gasteiger partial charge in [0.15, 0.2) is 0 Å². The number of aryl methyl sites for hydroxylation is 2. The molecule has 110 valence electrons. The second-order valence-electron chi connectivity index (χ2n) is 6.80. The van der Waals surface area contributed by atoms with Crippen LogP contribution in [0.5, 0.6) is 0 Å². The van der Waals surface area contributed by atoms with Gasteiger partial charge in [0.1, 0.15) is 0 Å². The molecule has 0 radical (unpaired) electrons. The standard InChI is InChI=1S/C18H28N2/c1-14-5-6-17(15(2)10-14)13-20(18-7-8-18)12-16-4-3-9-19-11-16/h5-6,10,16,18-19H,3-4,7-9,11-13H2,1-2H3. The number of nitrogens with one attached hydrogen (secondary N) is 1. The molecule has 1 saturated carbocycles. The van der Waals surface area contributed by atoms with E-state index in [2.05, 4.69) is 42.3 Å². The van der Waals surface area contributed by atoms with Crippen LogP contribution in [0.3, 0.4) is 0 Å². The molecule has 0 spiro atoms. The van der Waals surface area contributed by atoms with E-state index < -0.39 is 0 Å². The van der Waals surface area contributed by atoms with Gasteiger partial charge in [-0.15, -0.1) is 0 Å². The van der Waals surface area contributed by atoms with Gasteiger partial charge >= 0.3 is 0 Å². The maximum absolute atomic E-state index is 3.56. The average molecular weight is 272 g/mol. The molecule has 0 amide bonds. The molecule has 1 N–H and O–H groups in total.